The van der Waals surface area contributed by atoms with E-state index in [-0.39, 0.29) is 5.41 Å². The molecule has 0 unspecified atom stereocenters. The van der Waals surface area contributed by atoms with Crippen LogP contribution in [-0.4, -0.2) is 13.6 Å². The molecule has 0 amide bonds. The summed E-state index contributed by atoms with van der Waals surface area (Å²) >= 11 is 0. The third-order valence-corrected chi connectivity index (χ3v) is 4.05. The predicted octanol–water partition coefficient (Wildman–Crippen LogP) is 4.03. The highest BCUT2D eigenvalue weighted by Crippen LogP contribution is 2.41. The molecule has 1 aromatic rings. The van der Waals surface area contributed by atoms with Crippen LogP contribution < -0.4 is 5.32 Å². The number of alkyl halides is 3. The Morgan fingerprint density at radius 1 is 1.21 bits per heavy atom. The fraction of sp³-hybridized carbons (Fsp3) is 0.600. The zero-order valence-electron chi connectivity index (χ0n) is 11.2. The van der Waals surface area contributed by atoms with Gasteiger partial charge in [0.15, 0.2) is 0 Å². The fourth-order valence-corrected chi connectivity index (χ4v) is 3.21. The molecule has 1 aromatic carbocycles. The number of rotatable bonds is 4. The van der Waals surface area contributed by atoms with E-state index < -0.39 is 11.7 Å². The summed E-state index contributed by atoms with van der Waals surface area (Å²) in [6, 6.07) is 5.77. The maximum Gasteiger partial charge on any atom is 0.416 e. The Kier molecular flexibility index (Phi) is 4.19. The third-order valence-electron chi connectivity index (χ3n) is 4.05. The highest BCUT2D eigenvalue weighted by atomic mass is 19.4. The Bertz CT molecular complexity index is 420. The molecule has 2 rings (SSSR count). The summed E-state index contributed by atoms with van der Waals surface area (Å²) in [6.45, 7) is 0.878. The molecule has 0 atom stereocenters. The molecule has 4 heteroatoms. The van der Waals surface area contributed by atoms with Crippen molar-refractivity contribution in [1.29, 1.82) is 0 Å². The topological polar surface area (TPSA) is 12.0 Å². The zero-order valence-corrected chi connectivity index (χ0v) is 11.2. The lowest BCUT2D eigenvalue weighted by Gasteiger charge is -2.29. The van der Waals surface area contributed by atoms with Crippen LogP contribution in [0.4, 0.5) is 13.2 Å². The van der Waals surface area contributed by atoms with Crippen molar-refractivity contribution >= 4 is 0 Å². The summed E-state index contributed by atoms with van der Waals surface area (Å²) in [4.78, 5) is 0. The molecule has 0 heterocycles. The van der Waals surface area contributed by atoms with Gasteiger partial charge in [-0.15, -0.1) is 0 Å². The number of benzene rings is 1. The summed E-state index contributed by atoms with van der Waals surface area (Å²) in [5, 5.41) is 3.19. The van der Waals surface area contributed by atoms with E-state index in [4.69, 9.17) is 0 Å². The quantitative estimate of drug-likeness (QED) is 0.872. The molecule has 1 saturated carbocycles. The molecule has 0 radical (unpaired) electrons. The summed E-state index contributed by atoms with van der Waals surface area (Å²) in [6.07, 6.45) is 1.05. The summed E-state index contributed by atoms with van der Waals surface area (Å²) < 4.78 is 38.1. The van der Waals surface area contributed by atoms with E-state index in [1.54, 1.807) is 0 Å². The molecule has 0 bridgehead atoms. The second-order valence-corrected chi connectivity index (χ2v) is 5.61. The number of hydrogen-bond acceptors (Lipinski definition) is 1. The molecule has 0 aliphatic heterocycles. The van der Waals surface area contributed by atoms with E-state index in [1.165, 1.54) is 25.0 Å². The van der Waals surface area contributed by atoms with Crippen molar-refractivity contribution in [2.45, 2.75) is 38.3 Å². The SMILES string of the molecule is CNCC1(Cc2cccc(C(F)(F)F)c2)CCCC1. The van der Waals surface area contributed by atoms with Gasteiger partial charge in [0.2, 0.25) is 0 Å². The van der Waals surface area contributed by atoms with Gasteiger partial charge in [0.1, 0.15) is 0 Å². The minimum atomic E-state index is -4.25. The Morgan fingerprint density at radius 3 is 2.47 bits per heavy atom. The predicted molar refractivity (Wildman–Crippen MR) is 70.0 cm³/mol. The average Bonchev–Trinajstić information content (AvgIpc) is 2.77. The number of halogens is 3. The zero-order chi connectivity index (χ0) is 13.9. The molecule has 1 nitrogen and oxygen atoms in total. The van der Waals surface area contributed by atoms with Crippen LogP contribution in [0.3, 0.4) is 0 Å². The molecule has 1 fully saturated rings. The smallest absolute Gasteiger partial charge is 0.319 e. The van der Waals surface area contributed by atoms with Crippen molar-refractivity contribution in [2.24, 2.45) is 5.41 Å². The highest BCUT2D eigenvalue weighted by molar-refractivity contribution is 5.26. The van der Waals surface area contributed by atoms with Crippen LogP contribution in [0.5, 0.6) is 0 Å². The van der Waals surface area contributed by atoms with Crippen molar-refractivity contribution < 1.29 is 13.2 Å². The van der Waals surface area contributed by atoms with Gasteiger partial charge in [-0.3, -0.25) is 0 Å². The van der Waals surface area contributed by atoms with E-state index in [1.807, 2.05) is 13.1 Å². The summed E-state index contributed by atoms with van der Waals surface area (Å²) in [5.74, 6) is 0. The first-order chi connectivity index (χ1) is 8.95. The molecule has 1 aliphatic rings. The summed E-state index contributed by atoms with van der Waals surface area (Å²) in [7, 11) is 1.91. The monoisotopic (exact) mass is 271 g/mol. The van der Waals surface area contributed by atoms with Gasteiger partial charge in [-0.05, 0) is 43.4 Å². The van der Waals surface area contributed by atoms with Gasteiger partial charge in [0.25, 0.3) is 0 Å². The van der Waals surface area contributed by atoms with Gasteiger partial charge in [0, 0.05) is 6.54 Å². The normalized spacial score (nSPS) is 18.7. The maximum atomic E-state index is 12.7. The molecule has 19 heavy (non-hydrogen) atoms. The molecule has 0 saturated heterocycles. The molecule has 0 aromatic heterocycles. The van der Waals surface area contributed by atoms with Crippen molar-refractivity contribution in [3.8, 4) is 0 Å². The Morgan fingerprint density at radius 2 is 1.89 bits per heavy atom. The lowest BCUT2D eigenvalue weighted by molar-refractivity contribution is -0.137. The van der Waals surface area contributed by atoms with E-state index in [9.17, 15) is 13.2 Å². The van der Waals surface area contributed by atoms with Crippen molar-refractivity contribution in [2.75, 3.05) is 13.6 Å². The van der Waals surface area contributed by atoms with Gasteiger partial charge >= 0.3 is 6.18 Å². The lowest BCUT2D eigenvalue weighted by atomic mass is 9.79. The fourth-order valence-electron chi connectivity index (χ4n) is 3.21. The molecule has 1 N–H and O–H groups in total. The van der Waals surface area contributed by atoms with Gasteiger partial charge in [0.05, 0.1) is 5.56 Å². The lowest BCUT2D eigenvalue weighted by Crippen LogP contribution is -2.32. The minimum absolute atomic E-state index is 0.138. The van der Waals surface area contributed by atoms with Crippen LogP contribution in [0, 0.1) is 5.41 Å². The molecule has 1 aliphatic carbocycles. The molecular formula is C15H20F3N. The second-order valence-electron chi connectivity index (χ2n) is 5.61. The second kappa shape index (κ2) is 5.53. The maximum absolute atomic E-state index is 12.7. The molecule has 0 spiro atoms. The number of nitrogens with one attached hydrogen (secondary N) is 1. The number of hydrogen-bond donors (Lipinski definition) is 1. The van der Waals surface area contributed by atoms with E-state index in [0.29, 0.717) is 0 Å². The van der Waals surface area contributed by atoms with Crippen LogP contribution in [0.15, 0.2) is 24.3 Å². The van der Waals surface area contributed by atoms with Crippen molar-refractivity contribution in [3.05, 3.63) is 35.4 Å². The van der Waals surface area contributed by atoms with E-state index >= 15 is 0 Å². The first-order valence-electron chi connectivity index (χ1n) is 6.76. The van der Waals surface area contributed by atoms with Crippen LogP contribution in [0.2, 0.25) is 0 Å². The van der Waals surface area contributed by atoms with Crippen LogP contribution >= 0.6 is 0 Å². The van der Waals surface area contributed by atoms with Gasteiger partial charge in [-0.1, -0.05) is 31.0 Å². The van der Waals surface area contributed by atoms with Gasteiger partial charge in [-0.2, -0.15) is 13.2 Å². The van der Waals surface area contributed by atoms with E-state index in [0.717, 1.165) is 37.4 Å². The van der Waals surface area contributed by atoms with Crippen LogP contribution in [0.1, 0.15) is 36.8 Å². The van der Waals surface area contributed by atoms with Crippen LogP contribution in [-0.2, 0) is 12.6 Å². The highest BCUT2D eigenvalue weighted by Gasteiger charge is 2.34. The van der Waals surface area contributed by atoms with E-state index in [2.05, 4.69) is 5.32 Å². The van der Waals surface area contributed by atoms with Crippen molar-refractivity contribution in [1.82, 2.24) is 5.32 Å². The Balaban J connectivity index is 2.18. The van der Waals surface area contributed by atoms with Gasteiger partial charge in [-0.25, -0.2) is 0 Å². The first kappa shape index (κ1) is 14.4. The first-order valence-corrected chi connectivity index (χ1v) is 6.76. The third kappa shape index (κ3) is 3.50. The summed E-state index contributed by atoms with van der Waals surface area (Å²) in [5.41, 5.74) is 0.397. The van der Waals surface area contributed by atoms with Crippen LogP contribution in [0.25, 0.3) is 0 Å². The average molecular weight is 271 g/mol. The standard InChI is InChI=1S/C15H20F3N/c1-19-11-14(7-2-3-8-14)10-12-5-4-6-13(9-12)15(16,17)18/h4-6,9,19H,2-3,7-8,10-11H2,1H3. The minimum Gasteiger partial charge on any atom is -0.319 e. The molecule has 106 valence electrons. The Labute approximate surface area is 112 Å². The Hall–Kier alpha value is -1.03. The largest absolute Gasteiger partial charge is 0.416 e. The van der Waals surface area contributed by atoms with Crippen molar-refractivity contribution in [3.63, 3.8) is 0 Å². The van der Waals surface area contributed by atoms with Gasteiger partial charge < -0.3 is 5.32 Å². The molecular weight excluding hydrogens is 251 g/mol.